The third-order valence-electron chi connectivity index (χ3n) is 2.93. The number of halogens is 2. The summed E-state index contributed by atoms with van der Waals surface area (Å²) in [5.74, 6) is -0.0636. The number of hydrogen-bond donors (Lipinski definition) is 1. The van der Waals surface area contributed by atoms with Gasteiger partial charge in [0.25, 0.3) is 0 Å². The zero-order chi connectivity index (χ0) is 14.4. The van der Waals surface area contributed by atoms with E-state index in [1.54, 1.807) is 6.07 Å². The number of aryl methyl sites for hydroxylation is 1. The fourth-order valence-electron chi connectivity index (χ4n) is 1.88. The van der Waals surface area contributed by atoms with E-state index in [4.69, 9.17) is 11.6 Å². The molecule has 0 aliphatic heterocycles. The quantitative estimate of drug-likeness (QED) is 0.791. The first-order valence-electron chi connectivity index (χ1n) is 6.37. The van der Waals surface area contributed by atoms with E-state index >= 15 is 0 Å². The zero-order valence-electron chi connectivity index (χ0n) is 10.9. The lowest BCUT2D eigenvalue weighted by Crippen LogP contribution is -2.14. The lowest BCUT2D eigenvalue weighted by molar-refractivity contribution is -0.115. The van der Waals surface area contributed by atoms with E-state index in [-0.39, 0.29) is 12.3 Å². The smallest absolute Gasteiger partial charge is 0.228 e. The first-order chi connectivity index (χ1) is 9.69. The van der Waals surface area contributed by atoms with Gasteiger partial charge in [-0.25, -0.2) is 0 Å². The van der Waals surface area contributed by atoms with Crippen molar-refractivity contribution in [2.45, 2.75) is 12.8 Å². The average molecular weight is 353 g/mol. The third kappa shape index (κ3) is 4.36. The van der Waals surface area contributed by atoms with E-state index in [0.29, 0.717) is 5.02 Å². The Hall–Kier alpha value is -1.32. The van der Waals surface area contributed by atoms with Crippen LogP contribution in [0, 0.1) is 0 Å². The molecule has 2 rings (SSSR count). The molecule has 0 spiro atoms. The van der Waals surface area contributed by atoms with Crippen molar-refractivity contribution in [3.63, 3.8) is 0 Å². The number of alkyl halides is 1. The summed E-state index contributed by atoms with van der Waals surface area (Å²) < 4.78 is 0. The van der Waals surface area contributed by atoms with E-state index in [9.17, 15) is 4.79 Å². The maximum atomic E-state index is 12.0. The van der Waals surface area contributed by atoms with Gasteiger partial charge in [-0.15, -0.1) is 0 Å². The van der Waals surface area contributed by atoms with E-state index in [1.165, 1.54) is 5.56 Å². The Morgan fingerprint density at radius 2 is 1.80 bits per heavy atom. The number of benzene rings is 2. The molecule has 0 saturated heterocycles. The maximum absolute atomic E-state index is 12.0. The Bertz CT molecular complexity index is 583. The molecule has 0 heterocycles. The number of carbonyl (C=O) groups excluding carboxylic acids is 1. The highest BCUT2D eigenvalue weighted by atomic mass is 79.9. The number of nitrogens with one attached hydrogen (secondary N) is 1. The van der Waals surface area contributed by atoms with Crippen LogP contribution in [0.2, 0.25) is 5.02 Å². The van der Waals surface area contributed by atoms with Gasteiger partial charge in [0.2, 0.25) is 5.91 Å². The molecule has 0 saturated carbocycles. The predicted octanol–water partition coefficient (Wildman–Crippen LogP) is 4.46. The topological polar surface area (TPSA) is 29.1 Å². The second kappa shape index (κ2) is 7.46. The zero-order valence-corrected chi connectivity index (χ0v) is 13.2. The molecule has 20 heavy (non-hydrogen) atoms. The van der Waals surface area contributed by atoms with Gasteiger partial charge >= 0.3 is 0 Å². The number of hydrogen-bond acceptors (Lipinski definition) is 1. The summed E-state index contributed by atoms with van der Waals surface area (Å²) in [6, 6.07) is 15.3. The molecule has 0 aromatic heterocycles. The lowest BCUT2D eigenvalue weighted by Gasteiger charge is -2.07. The summed E-state index contributed by atoms with van der Waals surface area (Å²) in [4.78, 5) is 12.0. The molecule has 0 aliphatic carbocycles. The van der Waals surface area contributed by atoms with Gasteiger partial charge in [-0.05, 0) is 35.7 Å². The fourth-order valence-corrected chi connectivity index (χ4v) is 2.54. The number of anilines is 1. The Kier molecular flexibility index (Phi) is 5.62. The van der Waals surface area contributed by atoms with Crippen molar-refractivity contribution in [2.75, 3.05) is 10.6 Å². The molecular weight excluding hydrogens is 338 g/mol. The van der Waals surface area contributed by atoms with Crippen molar-refractivity contribution in [3.05, 3.63) is 64.7 Å². The summed E-state index contributed by atoms with van der Waals surface area (Å²) in [6.45, 7) is 0. The van der Waals surface area contributed by atoms with Gasteiger partial charge in [-0.1, -0.05) is 57.9 Å². The molecular formula is C16H15BrClNO. The third-order valence-corrected chi connectivity index (χ3v) is 3.69. The summed E-state index contributed by atoms with van der Waals surface area (Å²) in [5, 5.41) is 4.43. The molecule has 4 heteroatoms. The van der Waals surface area contributed by atoms with Crippen LogP contribution in [0.1, 0.15) is 11.1 Å². The van der Waals surface area contributed by atoms with E-state index in [2.05, 4.69) is 21.2 Å². The Balaban J connectivity index is 1.96. The first kappa shape index (κ1) is 15.1. The van der Waals surface area contributed by atoms with Gasteiger partial charge in [-0.3, -0.25) is 4.79 Å². The Morgan fingerprint density at radius 1 is 1.10 bits per heavy atom. The Labute approximate surface area is 132 Å². The largest absolute Gasteiger partial charge is 0.326 e. The van der Waals surface area contributed by atoms with Crippen LogP contribution in [0.4, 0.5) is 5.69 Å². The molecule has 2 aromatic carbocycles. The molecule has 0 atom stereocenters. The monoisotopic (exact) mass is 351 g/mol. The van der Waals surface area contributed by atoms with Crippen molar-refractivity contribution >= 4 is 39.1 Å². The minimum atomic E-state index is -0.0636. The second-order valence-electron chi connectivity index (χ2n) is 4.45. The van der Waals surface area contributed by atoms with Crippen molar-refractivity contribution in [3.8, 4) is 0 Å². The van der Waals surface area contributed by atoms with Crippen LogP contribution in [-0.4, -0.2) is 11.2 Å². The van der Waals surface area contributed by atoms with E-state index in [0.717, 1.165) is 23.0 Å². The first-order valence-corrected chi connectivity index (χ1v) is 7.87. The van der Waals surface area contributed by atoms with Crippen LogP contribution in [-0.2, 0) is 17.6 Å². The minimum absolute atomic E-state index is 0.0636. The van der Waals surface area contributed by atoms with Gasteiger partial charge in [0, 0.05) is 16.0 Å². The lowest BCUT2D eigenvalue weighted by atomic mass is 10.1. The molecule has 0 bridgehead atoms. The fraction of sp³-hybridized carbons (Fsp3) is 0.188. The number of carbonyl (C=O) groups is 1. The normalized spacial score (nSPS) is 10.3. The van der Waals surface area contributed by atoms with Gasteiger partial charge in [0.1, 0.15) is 0 Å². The van der Waals surface area contributed by atoms with Gasteiger partial charge in [-0.2, -0.15) is 0 Å². The predicted molar refractivity (Wildman–Crippen MR) is 87.7 cm³/mol. The van der Waals surface area contributed by atoms with Crippen LogP contribution in [0.15, 0.2) is 48.5 Å². The number of amides is 1. The van der Waals surface area contributed by atoms with Crippen LogP contribution in [0.5, 0.6) is 0 Å². The molecule has 2 aromatic rings. The SMILES string of the molecule is O=C(Cc1ccccc1Cl)Nc1ccc(CCBr)cc1. The molecule has 1 amide bonds. The van der Waals surface area contributed by atoms with Gasteiger partial charge in [0.15, 0.2) is 0 Å². The molecule has 0 unspecified atom stereocenters. The molecule has 104 valence electrons. The molecule has 2 nitrogen and oxygen atoms in total. The van der Waals surface area contributed by atoms with Crippen molar-refractivity contribution in [1.29, 1.82) is 0 Å². The average Bonchev–Trinajstić information content (AvgIpc) is 2.44. The highest BCUT2D eigenvalue weighted by Crippen LogP contribution is 2.16. The molecule has 0 radical (unpaired) electrons. The van der Waals surface area contributed by atoms with Crippen molar-refractivity contribution in [2.24, 2.45) is 0 Å². The minimum Gasteiger partial charge on any atom is -0.326 e. The summed E-state index contributed by atoms with van der Waals surface area (Å²) in [7, 11) is 0. The van der Waals surface area contributed by atoms with Crippen LogP contribution in [0.25, 0.3) is 0 Å². The van der Waals surface area contributed by atoms with Gasteiger partial charge < -0.3 is 5.32 Å². The summed E-state index contributed by atoms with van der Waals surface area (Å²) in [5.41, 5.74) is 2.88. The maximum Gasteiger partial charge on any atom is 0.228 e. The molecule has 1 N–H and O–H groups in total. The van der Waals surface area contributed by atoms with E-state index < -0.39 is 0 Å². The van der Waals surface area contributed by atoms with Crippen LogP contribution >= 0.6 is 27.5 Å². The molecule has 0 fully saturated rings. The highest BCUT2D eigenvalue weighted by molar-refractivity contribution is 9.09. The highest BCUT2D eigenvalue weighted by Gasteiger charge is 2.06. The van der Waals surface area contributed by atoms with Crippen molar-refractivity contribution < 1.29 is 4.79 Å². The van der Waals surface area contributed by atoms with Crippen molar-refractivity contribution in [1.82, 2.24) is 0 Å². The summed E-state index contributed by atoms with van der Waals surface area (Å²) >= 11 is 9.45. The second-order valence-corrected chi connectivity index (χ2v) is 5.65. The standard InChI is InChI=1S/C16H15BrClNO/c17-10-9-12-5-7-14(8-6-12)19-16(20)11-13-3-1-2-4-15(13)18/h1-8H,9-11H2,(H,19,20). The summed E-state index contributed by atoms with van der Waals surface area (Å²) in [6.07, 6.45) is 1.26. The number of rotatable bonds is 5. The Morgan fingerprint density at radius 3 is 2.45 bits per heavy atom. The van der Waals surface area contributed by atoms with Crippen LogP contribution in [0.3, 0.4) is 0 Å². The van der Waals surface area contributed by atoms with Gasteiger partial charge in [0.05, 0.1) is 6.42 Å². The molecule has 0 aliphatic rings. The van der Waals surface area contributed by atoms with Crippen LogP contribution < -0.4 is 5.32 Å². The van der Waals surface area contributed by atoms with E-state index in [1.807, 2.05) is 42.5 Å².